The van der Waals surface area contributed by atoms with Crippen molar-refractivity contribution in [3.05, 3.63) is 29.8 Å². The zero-order valence-corrected chi connectivity index (χ0v) is 7.66. The minimum Gasteiger partial charge on any atom is -0.388 e. The Hall–Kier alpha value is -1.35. The first-order valence-electron chi connectivity index (χ1n) is 4.24. The zero-order valence-electron chi connectivity index (χ0n) is 7.66. The molecule has 1 aromatic carbocycles. The predicted octanol–water partition coefficient (Wildman–Crippen LogP) is 0.797. The first-order valence-corrected chi connectivity index (χ1v) is 4.24. The Morgan fingerprint density at radius 3 is 2.54 bits per heavy atom. The van der Waals surface area contributed by atoms with Gasteiger partial charge in [0.2, 0.25) is 0 Å². The number of benzene rings is 1. The van der Waals surface area contributed by atoms with Gasteiger partial charge in [-0.15, -0.1) is 0 Å². The number of hydrogen-bond donors (Lipinski definition) is 2. The maximum atomic E-state index is 10.3. The van der Waals surface area contributed by atoms with E-state index in [1.807, 2.05) is 31.3 Å². The highest BCUT2D eigenvalue weighted by atomic mass is 16.1. The molecule has 0 fully saturated rings. The maximum Gasteiger partial charge on any atom is 0.137 e. The predicted molar refractivity (Wildman–Crippen MR) is 53.7 cm³/mol. The fourth-order valence-electron chi connectivity index (χ4n) is 1.13. The summed E-state index contributed by atoms with van der Waals surface area (Å²) in [6, 6.07) is 7.48. The van der Waals surface area contributed by atoms with Gasteiger partial charge in [-0.25, -0.2) is 0 Å². The Balaban J connectivity index is 2.63. The Morgan fingerprint density at radius 1 is 1.46 bits per heavy atom. The average Bonchev–Trinajstić information content (AvgIpc) is 2.19. The molecule has 3 N–H and O–H groups in total. The lowest BCUT2D eigenvalue weighted by atomic mass is 10.1. The van der Waals surface area contributed by atoms with Crippen LogP contribution in [0, 0.1) is 0 Å². The van der Waals surface area contributed by atoms with E-state index in [9.17, 15) is 4.79 Å². The topological polar surface area (TPSA) is 55.1 Å². The molecule has 0 saturated carbocycles. The van der Waals surface area contributed by atoms with Crippen molar-refractivity contribution in [3.63, 3.8) is 0 Å². The normalized spacial score (nSPS) is 12.2. The van der Waals surface area contributed by atoms with Crippen LogP contribution < -0.4 is 11.1 Å². The van der Waals surface area contributed by atoms with Crippen molar-refractivity contribution in [1.82, 2.24) is 0 Å². The molecule has 3 nitrogen and oxygen atoms in total. The summed E-state index contributed by atoms with van der Waals surface area (Å²) >= 11 is 0. The number of nitrogens with two attached hydrogens (primary N) is 1. The minimum atomic E-state index is -0.388. The van der Waals surface area contributed by atoms with Gasteiger partial charge >= 0.3 is 0 Å². The summed E-state index contributed by atoms with van der Waals surface area (Å²) in [6.45, 7) is 0. The third-order valence-electron chi connectivity index (χ3n) is 1.89. The van der Waals surface area contributed by atoms with Gasteiger partial charge < -0.3 is 15.8 Å². The zero-order chi connectivity index (χ0) is 9.68. The van der Waals surface area contributed by atoms with Crippen LogP contribution in [0.25, 0.3) is 0 Å². The third-order valence-corrected chi connectivity index (χ3v) is 1.89. The van der Waals surface area contributed by atoms with Gasteiger partial charge in [0.05, 0.1) is 6.04 Å². The summed E-state index contributed by atoms with van der Waals surface area (Å²) in [5.41, 5.74) is 7.63. The van der Waals surface area contributed by atoms with Crippen LogP contribution in [0.3, 0.4) is 0 Å². The van der Waals surface area contributed by atoms with Crippen molar-refractivity contribution in [2.45, 2.75) is 12.5 Å². The van der Waals surface area contributed by atoms with Crippen molar-refractivity contribution in [1.29, 1.82) is 0 Å². The van der Waals surface area contributed by atoms with Gasteiger partial charge in [-0.3, -0.25) is 0 Å². The van der Waals surface area contributed by atoms with E-state index in [1.54, 1.807) is 0 Å². The number of nitrogens with one attached hydrogen (secondary N) is 1. The van der Waals surface area contributed by atoms with E-state index in [0.29, 0.717) is 6.42 Å². The van der Waals surface area contributed by atoms with Crippen LogP contribution in [-0.2, 0) is 11.2 Å². The molecule has 1 unspecified atom stereocenters. The van der Waals surface area contributed by atoms with E-state index in [2.05, 4.69) is 5.32 Å². The van der Waals surface area contributed by atoms with Crippen LogP contribution in [0.1, 0.15) is 5.56 Å². The standard InChI is InChI=1S/C10H14N2O/c1-12-10-4-2-8(3-5-10)6-9(11)7-13/h2-5,7,9,12H,6,11H2,1H3. The SMILES string of the molecule is CNc1ccc(CC(N)C=O)cc1. The van der Waals surface area contributed by atoms with Crippen LogP contribution >= 0.6 is 0 Å². The summed E-state index contributed by atoms with van der Waals surface area (Å²) in [5, 5.41) is 3.02. The molecular formula is C10H14N2O. The van der Waals surface area contributed by atoms with E-state index in [-0.39, 0.29) is 6.04 Å². The fraction of sp³-hybridized carbons (Fsp3) is 0.300. The van der Waals surface area contributed by atoms with E-state index >= 15 is 0 Å². The highest BCUT2D eigenvalue weighted by molar-refractivity contribution is 5.58. The Morgan fingerprint density at radius 2 is 2.08 bits per heavy atom. The summed E-state index contributed by atoms with van der Waals surface area (Å²) in [6.07, 6.45) is 1.37. The molecule has 0 amide bonds. The molecule has 0 aliphatic carbocycles. The van der Waals surface area contributed by atoms with Gasteiger partial charge in [0, 0.05) is 12.7 Å². The first-order chi connectivity index (χ1) is 6.26. The molecule has 0 saturated heterocycles. The summed E-state index contributed by atoms with van der Waals surface area (Å²) in [5.74, 6) is 0. The number of hydrogen-bond acceptors (Lipinski definition) is 3. The highest BCUT2D eigenvalue weighted by Crippen LogP contribution is 2.09. The molecule has 0 heterocycles. The van der Waals surface area contributed by atoms with Crippen LogP contribution in [0.2, 0.25) is 0 Å². The van der Waals surface area contributed by atoms with Crippen LogP contribution in [0.4, 0.5) is 5.69 Å². The first kappa shape index (κ1) is 9.74. The monoisotopic (exact) mass is 178 g/mol. The fourth-order valence-corrected chi connectivity index (χ4v) is 1.13. The Bertz CT molecular complexity index is 269. The van der Waals surface area contributed by atoms with E-state index in [4.69, 9.17) is 5.73 Å². The quantitative estimate of drug-likeness (QED) is 0.670. The minimum absolute atomic E-state index is 0.388. The summed E-state index contributed by atoms with van der Waals surface area (Å²) < 4.78 is 0. The molecule has 0 spiro atoms. The lowest BCUT2D eigenvalue weighted by Gasteiger charge is -2.05. The summed E-state index contributed by atoms with van der Waals surface area (Å²) in [7, 11) is 1.87. The highest BCUT2D eigenvalue weighted by Gasteiger charge is 2.01. The Labute approximate surface area is 77.9 Å². The molecule has 1 atom stereocenters. The second-order valence-corrected chi connectivity index (χ2v) is 2.95. The van der Waals surface area contributed by atoms with E-state index < -0.39 is 0 Å². The van der Waals surface area contributed by atoms with Gasteiger partial charge in [-0.1, -0.05) is 12.1 Å². The molecule has 0 aromatic heterocycles. The number of rotatable bonds is 4. The molecule has 0 aliphatic heterocycles. The van der Waals surface area contributed by atoms with Crippen LogP contribution in [0.15, 0.2) is 24.3 Å². The van der Waals surface area contributed by atoms with E-state index in [1.165, 1.54) is 0 Å². The molecule has 70 valence electrons. The van der Waals surface area contributed by atoms with Crippen molar-refractivity contribution in [2.24, 2.45) is 5.73 Å². The molecule has 0 bridgehead atoms. The second-order valence-electron chi connectivity index (χ2n) is 2.95. The van der Waals surface area contributed by atoms with Gasteiger partial charge in [0.1, 0.15) is 6.29 Å². The molecule has 3 heteroatoms. The molecule has 0 radical (unpaired) electrons. The number of anilines is 1. The largest absolute Gasteiger partial charge is 0.388 e. The average molecular weight is 178 g/mol. The second kappa shape index (κ2) is 4.62. The number of aldehydes is 1. The molecule has 1 rings (SSSR count). The van der Waals surface area contributed by atoms with Gasteiger partial charge in [0.15, 0.2) is 0 Å². The van der Waals surface area contributed by atoms with Crippen molar-refractivity contribution < 1.29 is 4.79 Å². The summed E-state index contributed by atoms with van der Waals surface area (Å²) in [4.78, 5) is 10.3. The van der Waals surface area contributed by atoms with Crippen LogP contribution in [0.5, 0.6) is 0 Å². The van der Waals surface area contributed by atoms with Crippen molar-refractivity contribution >= 4 is 12.0 Å². The molecule has 0 aliphatic rings. The Kier molecular flexibility index (Phi) is 3.46. The van der Waals surface area contributed by atoms with Crippen molar-refractivity contribution in [3.8, 4) is 0 Å². The molecule has 1 aromatic rings. The van der Waals surface area contributed by atoms with Gasteiger partial charge in [-0.2, -0.15) is 0 Å². The third kappa shape index (κ3) is 2.87. The number of carbonyl (C=O) groups is 1. The lowest BCUT2D eigenvalue weighted by Crippen LogP contribution is -2.23. The maximum absolute atomic E-state index is 10.3. The smallest absolute Gasteiger partial charge is 0.137 e. The lowest BCUT2D eigenvalue weighted by molar-refractivity contribution is -0.108. The van der Waals surface area contributed by atoms with E-state index in [0.717, 1.165) is 17.5 Å². The van der Waals surface area contributed by atoms with Crippen LogP contribution in [-0.4, -0.2) is 19.4 Å². The van der Waals surface area contributed by atoms with Gasteiger partial charge in [-0.05, 0) is 24.1 Å². The van der Waals surface area contributed by atoms with Gasteiger partial charge in [0.25, 0.3) is 0 Å². The molecule has 13 heavy (non-hydrogen) atoms. The number of carbonyl (C=O) groups excluding carboxylic acids is 1. The molecular weight excluding hydrogens is 164 g/mol. The van der Waals surface area contributed by atoms with Crippen molar-refractivity contribution in [2.75, 3.05) is 12.4 Å².